The van der Waals surface area contributed by atoms with Gasteiger partial charge in [-0.25, -0.2) is 4.79 Å². The van der Waals surface area contributed by atoms with Gasteiger partial charge in [0.05, 0.1) is 30.8 Å². The van der Waals surface area contributed by atoms with Crippen LogP contribution in [0.1, 0.15) is 21.6 Å². The molecule has 122 valence electrons. The van der Waals surface area contributed by atoms with Crippen molar-refractivity contribution in [3.63, 3.8) is 0 Å². The Morgan fingerprint density at radius 2 is 1.92 bits per heavy atom. The van der Waals surface area contributed by atoms with Gasteiger partial charge in [0.2, 0.25) is 0 Å². The summed E-state index contributed by atoms with van der Waals surface area (Å²) in [6.07, 6.45) is 3.69. The van der Waals surface area contributed by atoms with E-state index in [1.165, 1.54) is 13.2 Å². The topological polar surface area (TPSA) is 84.4 Å². The molecule has 0 atom stereocenters. The van der Waals surface area contributed by atoms with Crippen LogP contribution in [-0.4, -0.2) is 35.5 Å². The van der Waals surface area contributed by atoms with E-state index in [2.05, 4.69) is 10.2 Å². The number of carboxylic acids is 1. The van der Waals surface area contributed by atoms with E-state index in [4.69, 9.17) is 9.47 Å². The predicted octanol–water partition coefficient (Wildman–Crippen LogP) is 3.45. The van der Waals surface area contributed by atoms with Crippen molar-refractivity contribution in [1.29, 1.82) is 0 Å². The fraction of sp³-hybridized carbons (Fsp3) is 0.111. The number of hydrogen-bond acceptors (Lipinski definition) is 4. The third-order valence-corrected chi connectivity index (χ3v) is 3.70. The number of benzene rings is 2. The molecule has 0 amide bonds. The number of carboxylic acid groups (broad SMARTS) is 1. The molecule has 0 spiro atoms. The second-order valence-electron chi connectivity index (χ2n) is 5.06. The molecule has 0 aliphatic carbocycles. The van der Waals surface area contributed by atoms with Gasteiger partial charge in [-0.15, -0.1) is 0 Å². The molecule has 2 aromatic carbocycles. The van der Waals surface area contributed by atoms with Crippen LogP contribution in [-0.2, 0) is 0 Å². The molecule has 0 saturated carbocycles. The van der Waals surface area contributed by atoms with Gasteiger partial charge in [0, 0.05) is 5.56 Å². The van der Waals surface area contributed by atoms with Crippen LogP contribution in [0.2, 0.25) is 0 Å². The predicted molar refractivity (Wildman–Crippen MR) is 91.5 cm³/mol. The number of nitrogens with one attached hydrogen (secondary N) is 1. The van der Waals surface area contributed by atoms with Crippen molar-refractivity contribution in [1.82, 2.24) is 10.2 Å². The monoisotopic (exact) mass is 324 g/mol. The van der Waals surface area contributed by atoms with Gasteiger partial charge in [0.25, 0.3) is 0 Å². The van der Waals surface area contributed by atoms with Gasteiger partial charge in [-0.1, -0.05) is 18.2 Å². The van der Waals surface area contributed by atoms with E-state index in [0.717, 1.165) is 11.3 Å². The standard InChI is InChI=1S/C18H16N2O4/c1-23-15-6-4-3-5-11(15)7-9-13-16-14(20-19-13)10-8-12(18(21)22)17(16)24-2/h3-10H,1-2H3,(H,19,20)(H,21,22)/b9-7+. The smallest absolute Gasteiger partial charge is 0.339 e. The van der Waals surface area contributed by atoms with Crippen molar-refractivity contribution in [2.24, 2.45) is 0 Å². The highest BCUT2D eigenvalue weighted by Crippen LogP contribution is 2.32. The summed E-state index contributed by atoms with van der Waals surface area (Å²) in [4.78, 5) is 11.4. The Kier molecular flexibility index (Phi) is 4.20. The molecule has 0 saturated heterocycles. The molecule has 0 radical (unpaired) electrons. The van der Waals surface area contributed by atoms with Crippen LogP contribution in [0, 0.1) is 0 Å². The van der Waals surface area contributed by atoms with E-state index < -0.39 is 5.97 Å². The van der Waals surface area contributed by atoms with E-state index in [1.807, 2.05) is 36.4 Å². The fourth-order valence-corrected chi connectivity index (χ4v) is 2.58. The number of nitrogens with zero attached hydrogens (tertiary/aromatic N) is 1. The van der Waals surface area contributed by atoms with E-state index >= 15 is 0 Å². The van der Waals surface area contributed by atoms with Gasteiger partial charge < -0.3 is 14.6 Å². The van der Waals surface area contributed by atoms with Crippen molar-refractivity contribution in [2.45, 2.75) is 0 Å². The normalized spacial score (nSPS) is 11.1. The fourth-order valence-electron chi connectivity index (χ4n) is 2.58. The highest BCUT2D eigenvalue weighted by atomic mass is 16.5. The van der Waals surface area contributed by atoms with Crippen molar-refractivity contribution < 1.29 is 19.4 Å². The lowest BCUT2D eigenvalue weighted by atomic mass is 10.1. The highest BCUT2D eigenvalue weighted by molar-refractivity contribution is 6.02. The van der Waals surface area contributed by atoms with Crippen LogP contribution in [0.4, 0.5) is 0 Å². The molecule has 0 fully saturated rings. The molecule has 0 aliphatic rings. The summed E-state index contributed by atoms with van der Waals surface area (Å²) in [5.41, 5.74) is 2.29. The molecule has 0 aliphatic heterocycles. The molecule has 0 bridgehead atoms. The Labute approximate surface area is 138 Å². The molecular formula is C18H16N2O4. The van der Waals surface area contributed by atoms with Gasteiger partial charge in [-0.3, -0.25) is 5.10 Å². The summed E-state index contributed by atoms with van der Waals surface area (Å²) >= 11 is 0. The average molecular weight is 324 g/mol. The molecular weight excluding hydrogens is 308 g/mol. The zero-order valence-electron chi connectivity index (χ0n) is 13.2. The number of aromatic amines is 1. The van der Waals surface area contributed by atoms with Crippen molar-refractivity contribution in [3.05, 3.63) is 53.2 Å². The van der Waals surface area contributed by atoms with Crippen LogP contribution in [0.5, 0.6) is 11.5 Å². The van der Waals surface area contributed by atoms with Crippen molar-refractivity contribution in [2.75, 3.05) is 14.2 Å². The summed E-state index contributed by atoms with van der Waals surface area (Å²) < 4.78 is 10.6. The van der Waals surface area contributed by atoms with Gasteiger partial charge in [-0.05, 0) is 30.4 Å². The van der Waals surface area contributed by atoms with Gasteiger partial charge in [-0.2, -0.15) is 5.10 Å². The third-order valence-electron chi connectivity index (χ3n) is 3.70. The molecule has 3 rings (SSSR count). The summed E-state index contributed by atoms with van der Waals surface area (Å²) in [5.74, 6) is -0.0150. The number of H-pyrrole nitrogens is 1. The second-order valence-corrected chi connectivity index (χ2v) is 5.06. The molecule has 2 N–H and O–H groups in total. The maximum Gasteiger partial charge on any atom is 0.339 e. The van der Waals surface area contributed by atoms with Gasteiger partial charge in [0.15, 0.2) is 0 Å². The minimum atomic E-state index is -1.05. The maximum absolute atomic E-state index is 11.4. The van der Waals surface area contributed by atoms with E-state index in [0.29, 0.717) is 16.6 Å². The Morgan fingerprint density at radius 3 is 2.62 bits per heavy atom. The summed E-state index contributed by atoms with van der Waals surface area (Å²) in [7, 11) is 3.06. The summed E-state index contributed by atoms with van der Waals surface area (Å²) in [6.45, 7) is 0. The lowest BCUT2D eigenvalue weighted by Crippen LogP contribution is -2.00. The van der Waals surface area contributed by atoms with Gasteiger partial charge in [0.1, 0.15) is 17.1 Å². The lowest BCUT2D eigenvalue weighted by molar-refractivity contribution is 0.0693. The largest absolute Gasteiger partial charge is 0.496 e. The molecule has 24 heavy (non-hydrogen) atoms. The Balaban J connectivity index is 2.12. The molecule has 1 aromatic heterocycles. The number of carbonyl (C=O) groups is 1. The summed E-state index contributed by atoms with van der Waals surface area (Å²) in [5, 5.41) is 17.1. The molecule has 6 nitrogen and oxygen atoms in total. The van der Waals surface area contributed by atoms with Crippen LogP contribution >= 0.6 is 0 Å². The van der Waals surface area contributed by atoms with Gasteiger partial charge >= 0.3 is 5.97 Å². The molecule has 1 heterocycles. The van der Waals surface area contributed by atoms with E-state index in [-0.39, 0.29) is 11.3 Å². The highest BCUT2D eigenvalue weighted by Gasteiger charge is 2.18. The zero-order chi connectivity index (χ0) is 17.1. The quantitative estimate of drug-likeness (QED) is 0.751. The number of rotatable bonds is 5. The van der Waals surface area contributed by atoms with E-state index in [9.17, 15) is 9.90 Å². The Morgan fingerprint density at radius 1 is 1.12 bits per heavy atom. The number of aromatic nitrogens is 2. The SMILES string of the molecule is COc1ccccc1/C=C/c1[nH]nc2ccc(C(=O)O)c(OC)c12. The minimum Gasteiger partial charge on any atom is -0.496 e. The third kappa shape index (κ3) is 2.69. The molecule has 3 aromatic rings. The lowest BCUT2D eigenvalue weighted by Gasteiger charge is -2.06. The van der Waals surface area contributed by atoms with Crippen LogP contribution in [0.25, 0.3) is 23.1 Å². The first-order chi connectivity index (χ1) is 11.7. The Bertz CT molecular complexity index is 928. The summed E-state index contributed by atoms with van der Waals surface area (Å²) in [6, 6.07) is 10.7. The first-order valence-corrected chi connectivity index (χ1v) is 7.25. The number of para-hydroxylation sites is 1. The minimum absolute atomic E-state index is 0.0957. The van der Waals surface area contributed by atoms with Crippen LogP contribution in [0.15, 0.2) is 36.4 Å². The van der Waals surface area contributed by atoms with Crippen molar-refractivity contribution in [3.8, 4) is 11.5 Å². The first-order valence-electron chi connectivity index (χ1n) is 7.25. The van der Waals surface area contributed by atoms with E-state index in [1.54, 1.807) is 13.2 Å². The number of hydrogen-bond donors (Lipinski definition) is 2. The van der Waals surface area contributed by atoms with Crippen molar-refractivity contribution >= 4 is 29.0 Å². The molecule has 0 unspecified atom stereocenters. The molecule has 6 heteroatoms. The Hall–Kier alpha value is -3.28. The maximum atomic E-state index is 11.4. The van der Waals surface area contributed by atoms with Crippen LogP contribution < -0.4 is 9.47 Å². The number of fused-ring (bicyclic) bond motifs is 1. The number of aromatic carboxylic acids is 1. The first kappa shape index (κ1) is 15.6. The average Bonchev–Trinajstić information content (AvgIpc) is 3.02. The van der Waals surface area contributed by atoms with Crippen LogP contribution in [0.3, 0.4) is 0 Å². The zero-order valence-corrected chi connectivity index (χ0v) is 13.2. The number of ether oxygens (including phenoxy) is 2. The number of methoxy groups -OCH3 is 2. The second kappa shape index (κ2) is 6.45.